The van der Waals surface area contributed by atoms with Crippen LogP contribution >= 0.6 is 38.5 Å². The van der Waals surface area contributed by atoms with Crippen molar-refractivity contribution in [2.75, 3.05) is 13.2 Å². The predicted molar refractivity (Wildman–Crippen MR) is 61.5 cm³/mol. The van der Waals surface area contributed by atoms with Gasteiger partial charge in [0.15, 0.2) is 6.29 Å². The van der Waals surface area contributed by atoms with Crippen molar-refractivity contribution in [2.24, 2.45) is 0 Å². The van der Waals surface area contributed by atoms with Crippen LogP contribution in [0.3, 0.4) is 0 Å². The van der Waals surface area contributed by atoms with E-state index in [-0.39, 0.29) is 6.29 Å². The zero-order valence-corrected chi connectivity index (χ0v) is 10.5. The summed E-state index contributed by atoms with van der Waals surface area (Å²) in [5, 5.41) is 0. The van der Waals surface area contributed by atoms with Gasteiger partial charge in [0.25, 0.3) is 0 Å². The van der Waals surface area contributed by atoms with Gasteiger partial charge in [-0.25, -0.2) is 0 Å². The van der Waals surface area contributed by atoms with Gasteiger partial charge in [-0.05, 0) is 34.7 Å². The third kappa shape index (κ3) is 2.06. The van der Waals surface area contributed by atoms with E-state index in [1.807, 2.05) is 18.2 Å². The van der Waals surface area contributed by atoms with Crippen molar-refractivity contribution in [3.8, 4) is 0 Å². The summed E-state index contributed by atoms with van der Waals surface area (Å²) in [5.74, 6) is 0. The molecule has 70 valence electrons. The van der Waals surface area contributed by atoms with Crippen LogP contribution in [0, 0.1) is 3.57 Å². The molecule has 4 heteroatoms. The van der Waals surface area contributed by atoms with E-state index >= 15 is 0 Å². The van der Waals surface area contributed by atoms with E-state index < -0.39 is 0 Å². The van der Waals surface area contributed by atoms with Crippen LogP contribution in [0.25, 0.3) is 0 Å². The molecule has 1 saturated heterocycles. The Hall–Kier alpha value is 0.350. The second-order valence-electron chi connectivity index (χ2n) is 2.71. The largest absolute Gasteiger partial charge is 0.346 e. The lowest BCUT2D eigenvalue weighted by atomic mass is 10.2. The molecule has 13 heavy (non-hydrogen) atoms. The summed E-state index contributed by atoms with van der Waals surface area (Å²) in [4.78, 5) is 0. The summed E-state index contributed by atoms with van der Waals surface area (Å²) >= 11 is 5.78. The van der Waals surface area contributed by atoms with Gasteiger partial charge in [-0.1, -0.05) is 22.0 Å². The second kappa shape index (κ2) is 4.25. The molecule has 0 bridgehead atoms. The number of benzene rings is 1. The Kier molecular flexibility index (Phi) is 3.23. The topological polar surface area (TPSA) is 18.5 Å². The highest BCUT2D eigenvalue weighted by atomic mass is 127. The molecule has 0 N–H and O–H groups in total. The molecule has 2 nitrogen and oxygen atoms in total. The summed E-state index contributed by atoms with van der Waals surface area (Å²) in [6.45, 7) is 1.37. The van der Waals surface area contributed by atoms with Crippen LogP contribution in [0.15, 0.2) is 22.7 Å². The van der Waals surface area contributed by atoms with Crippen LogP contribution in [0.1, 0.15) is 11.9 Å². The Morgan fingerprint density at radius 1 is 1.31 bits per heavy atom. The van der Waals surface area contributed by atoms with E-state index in [9.17, 15) is 0 Å². The van der Waals surface area contributed by atoms with E-state index in [1.54, 1.807) is 0 Å². The Morgan fingerprint density at radius 3 is 2.62 bits per heavy atom. The highest BCUT2D eigenvalue weighted by Gasteiger charge is 2.22. The molecule has 1 aromatic carbocycles. The minimum atomic E-state index is -0.192. The summed E-state index contributed by atoms with van der Waals surface area (Å²) in [7, 11) is 0. The lowest BCUT2D eigenvalue weighted by Gasteiger charge is -2.12. The number of halogens is 2. The van der Waals surface area contributed by atoms with Crippen molar-refractivity contribution < 1.29 is 9.47 Å². The Labute approximate surface area is 98.9 Å². The number of ether oxygens (including phenoxy) is 2. The SMILES string of the molecule is Brc1cccc(I)c1C1OCCO1. The minimum Gasteiger partial charge on any atom is -0.346 e. The lowest BCUT2D eigenvalue weighted by Crippen LogP contribution is -2.01. The monoisotopic (exact) mass is 354 g/mol. The maximum atomic E-state index is 5.44. The molecule has 1 aliphatic heterocycles. The van der Waals surface area contributed by atoms with Gasteiger partial charge in [-0.15, -0.1) is 0 Å². The summed E-state index contributed by atoms with van der Waals surface area (Å²) in [5.41, 5.74) is 1.10. The Morgan fingerprint density at radius 2 is 2.00 bits per heavy atom. The van der Waals surface area contributed by atoms with E-state index in [0.717, 1.165) is 10.0 Å². The fourth-order valence-electron chi connectivity index (χ4n) is 1.26. The molecule has 0 radical (unpaired) electrons. The van der Waals surface area contributed by atoms with Crippen molar-refractivity contribution in [3.63, 3.8) is 0 Å². The molecule has 0 atom stereocenters. The number of rotatable bonds is 1. The van der Waals surface area contributed by atoms with Crippen molar-refractivity contribution in [1.82, 2.24) is 0 Å². The van der Waals surface area contributed by atoms with E-state index in [2.05, 4.69) is 38.5 Å². The second-order valence-corrected chi connectivity index (χ2v) is 4.73. The van der Waals surface area contributed by atoms with Crippen molar-refractivity contribution in [3.05, 3.63) is 31.8 Å². The highest BCUT2D eigenvalue weighted by molar-refractivity contribution is 14.1. The molecule has 0 spiro atoms. The molecule has 0 aliphatic carbocycles. The van der Waals surface area contributed by atoms with E-state index in [4.69, 9.17) is 9.47 Å². The summed E-state index contributed by atoms with van der Waals surface area (Å²) in [6.07, 6.45) is -0.192. The average Bonchev–Trinajstić information content (AvgIpc) is 2.57. The van der Waals surface area contributed by atoms with Crippen LogP contribution in [-0.4, -0.2) is 13.2 Å². The predicted octanol–water partition coefficient (Wildman–Crippen LogP) is 3.10. The van der Waals surface area contributed by atoms with Gasteiger partial charge in [-0.3, -0.25) is 0 Å². The van der Waals surface area contributed by atoms with Gasteiger partial charge in [0.2, 0.25) is 0 Å². The molecule has 1 aliphatic rings. The number of hydrogen-bond acceptors (Lipinski definition) is 2. The van der Waals surface area contributed by atoms with Crippen LogP contribution in [0.2, 0.25) is 0 Å². The maximum Gasteiger partial charge on any atom is 0.186 e. The van der Waals surface area contributed by atoms with E-state index in [1.165, 1.54) is 3.57 Å². The average molecular weight is 355 g/mol. The smallest absolute Gasteiger partial charge is 0.186 e. The molecule has 0 amide bonds. The van der Waals surface area contributed by atoms with Crippen LogP contribution in [0.4, 0.5) is 0 Å². The minimum absolute atomic E-state index is 0.192. The van der Waals surface area contributed by atoms with E-state index in [0.29, 0.717) is 13.2 Å². The molecular formula is C9H8BrIO2. The lowest BCUT2D eigenvalue weighted by molar-refractivity contribution is -0.0452. The molecule has 1 aromatic rings. The van der Waals surface area contributed by atoms with Crippen molar-refractivity contribution in [2.45, 2.75) is 6.29 Å². The fourth-order valence-corrected chi connectivity index (χ4v) is 2.94. The molecule has 1 heterocycles. The molecule has 2 rings (SSSR count). The first kappa shape index (κ1) is 9.89. The molecule has 0 aromatic heterocycles. The van der Waals surface area contributed by atoms with Crippen LogP contribution in [-0.2, 0) is 9.47 Å². The Balaban J connectivity index is 2.37. The maximum absolute atomic E-state index is 5.44. The standard InChI is InChI=1S/C9H8BrIO2/c10-6-2-1-3-7(11)8(6)9-12-4-5-13-9/h1-3,9H,4-5H2. The molecular weight excluding hydrogens is 347 g/mol. The third-order valence-electron chi connectivity index (χ3n) is 1.86. The zero-order valence-electron chi connectivity index (χ0n) is 6.80. The molecule has 0 unspecified atom stereocenters. The first-order valence-electron chi connectivity index (χ1n) is 3.96. The van der Waals surface area contributed by atoms with Crippen molar-refractivity contribution >= 4 is 38.5 Å². The summed E-state index contributed by atoms with van der Waals surface area (Å²) in [6, 6.07) is 6.05. The van der Waals surface area contributed by atoms with Gasteiger partial charge in [-0.2, -0.15) is 0 Å². The first-order valence-corrected chi connectivity index (χ1v) is 5.83. The zero-order chi connectivity index (χ0) is 9.26. The quantitative estimate of drug-likeness (QED) is 0.721. The third-order valence-corrected chi connectivity index (χ3v) is 3.49. The number of hydrogen-bond donors (Lipinski definition) is 0. The fraction of sp³-hybridized carbons (Fsp3) is 0.333. The van der Waals surface area contributed by atoms with Crippen LogP contribution < -0.4 is 0 Å². The molecule has 0 saturated carbocycles. The van der Waals surface area contributed by atoms with Gasteiger partial charge >= 0.3 is 0 Å². The van der Waals surface area contributed by atoms with Gasteiger partial charge in [0.05, 0.1) is 13.2 Å². The normalized spacial score (nSPS) is 18.0. The first-order chi connectivity index (χ1) is 6.29. The van der Waals surface area contributed by atoms with Gasteiger partial charge in [0, 0.05) is 13.6 Å². The van der Waals surface area contributed by atoms with Gasteiger partial charge < -0.3 is 9.47 Å². The summed E-state index contributed by atoms with van der Waals surface area (Å²) < 4.78 is 13.1. The Bertz CT molecular complexity index is 290. The highest BCUT2D eigenvalue weighted by Crippen LogP contribution is 2.33. The molecule has 1 fully saturated rings. The van der Waals surface area contributed by atoms with Crippen LogP contribution in [0.5, 0.6) is 0 Å². The van der Waals surface area contributed by atoms with Gasteiger partial charge in [0.1, 0.15) is 0 Å². The van der Waals surface area contributed by atoms with Crippen molar-refractivity contribution in [1.29, 1.82) is 0 Å².